The van der Waals surface area contributed by atoms with E-state index in [-0.39, 0.29) is 17.4 Å². The molecule has 0 spiro atoms. The minimum atomic E-state index is -0.833. The molecule has 0 aromatic heterocycles. The molecule has 1 aliphatic heterocycles. The molecule has 1 saturated heterocycles. The summed E-state index contributed by atoms with van der Waals surface area (Å²) in [6.07, 6.45) is 3.98. The molecule has 2 fully saturated rings. The Morgan fingerprint density at radius 3 is 2.67 bits per heavy atom. The third-order valence-corrected chi connectivity index (χ3v) is 6.69. The molecule has 3 unspecified atom stereocenters. The van der Waals surface area contributed by atoms with Gasteiger partial charge in [-0.25, -0.2) is 4.39 Å². The Kier molecular flexibility index (Phi) is 5.69. The highest BCUT2D eigenvalue weighted by Crippen LogP contribution is 2.51. The van der Waals surface area contributed by atoms with E-state index in [2.05, 4.69) is 0 Å². The van der Waals surface area contributed by atoms with E-state index in [1.54, 1.807) is 37.3 Å². The Morgan fingerprint density at radius 2 is 1.93 bits per heavy atom. The fourth-order valence-corrected chi connectivity index (χ4v) is 5.15. The van der Waals surface area contributed by atoms with Crippen molar-refractivity contribution >= 4 is 5.91 Å². The van der Waals surface area contributed by atoms with E-state index in [9.17, 15) is 14.3 Å². The van der Waals surface area contributed by atoms with Crippen molar-refractivity contribution in [3.8, 4) is 11.5 Å². The van der Waals surface area contributed by atoms with Gasteiger partial charge in [-0.05, 0) is 43.5 Å². The number of fused-ring (bicyclic) bond motifs is 1. The molecule has 0 bridgehead atoms. The maximum atomic E-state index is 14.4. The van der Waals surface area contributed by atoms with Crippen molar-refractivity contribution in [1.82, 2.24) is 4.90 Å². The number of halogens is 1. The molecule has 160 valence electrons. The molecular formula is C24H28FNO4. The van der Waals surface area contributed by atoms with E-state index >= 15 is 0 Å². The van der Waals surface area contributed by atoms with Crippen molar-refractivity contribution in [2.24, 2.45) is 5.92 Å². The van der Waals surface area contributed by atoms with Crippen LogP contribution >= 0.6 is 0 Å². The lowest BCUT2D eigenvalue weighted by Gasteiger charge is -2.52. The lowest BCUT2D eigenvalue weighted by atomic mass is 9.66. The summed E-state index contributed by atoms with van der Waals surface area (Å²) in [5.41, 5.74) is 0.0316. The van der Waals surface area contributed by atoms with Crippen LogP contribution in [0.3, 0.4) is 0 Å². The zero-order valence-corrected chi connectivity index (χ0v) is 17.4. The number of aliphatic hydroxyl groups is 1. The quantitative estimate of drug-likeness (QED) is 0.810. The summed E-state index contributed by atoms with van der Waals surface area (Å²) in [4.78, 5) is 15.2. The van der Waals surface area contributed by atoms with Crippen LogP contribution in [0.5, 0.6) is 11.5 Å². The summed E-state index contributed by atoms with van der Waals surface area (Å²) in [6.45, 7) is 0.361. The lowest BCUT2D eigenvalue weighted by molar-refractivity contribution is -0.115. The molecule has 0 radical (unpaired) electrons. The smallest absolute Gasteiger partial charge is 0.257 e. The number of hydrogen-bond donors (Lipinski definition) is 1. The molecule has 1 aliphatic carbocycles. The van der Waals surface area contributed by atoms with Crippen LogP contribution in [0.4, 0.5) is 4.39 Å². The van der Waals surface area contributed by atoms with Gasteiger partial charge in [0.2, 0.25) is 0 Å². The standard InChI is InChI=1S/C24H28FNO4/c1-29-16-10-11-18(21(15-16)30-2)22-19-8-5-6-12-24(19,28)13-14-26(22)23(27)17-7-3-4-9-20(17)25/h3-4,7,9-11,15,19,22,28H,5-6,8,12-14H2,1-2H3. The third-order valence-electron chi connectivity index (χ3n) is 6.69. The zero-order chi connectivity index (χ0) is 21.3. The fraction of sp³-hybridized carbons (Fsp3) is 0.458. The van der Waals surface area contributed by atoms with E-state index < -0.39 is 17.5 Å². The first kappa shape index (κ1) is 20.7. The minimum Gasteiger partial charge on any atom is -0.497 e. The number of carbonyl (C=O) groups is 1. The van der Waals surface area contributed by atoms with Gasteiger partial charge < -0.3 is 19.5 Å². The van der Waals surface area contributed by atoms with Crippen LogP contribution in [-0.2, 0) is 0 Å². The number of hydrogen-bond acceptors (Lipinski definition) is 4. The number of likely N-dealkylation sites (tertiary alicyclic amines) is 1. The first-order valence-corrected chi connectivity index (χ1v) is 10.5. The van der Waals surface area contributed by atoms with E-state index in [0.29, 0.717) is 30.9 Å². The number of nitrogens with zero attached hydrogens (tertiary/aromatic N) is 1. The maximum absolute atomic E-state index is 14.4. The van der Waals surface area contributed by atoms with E-state index in [0.717, 1.165) is 24.8 Å². The highest BCUT2D eigenvalue weighted by molar-refractivity contribution is 5.95. The fourth-order valence-electron chi connectivity index (χ4n) is 5.15. The predicted molar refractivity (Wildman–Crippen MR) is 111 cm³/mol. The van der Waals surface area contributed by atoms with Crippen LogP contribution in [0.25, 0.3) is 0 Å². The molecule has 1 N–H and O–H groups in total. The van der Waals surface area contributed by atoms with Gasteiger partial charge in [-0.2, -0.15) is 0 Å². The largest absolute Gasteiger partial charge is 0.497 e. The van der Waals surface area contributed by atoms with Crippen molar-refractivity contribution in [2.75, 3.05) is 20.8 Å². The van der Waals surface area contributed by atoms with Gasteiger partial charge >= 0.3 is 0 Å². The number of benzene rings is 2. The SMILES string of the molecule is COc1ccc(C2C3CCCCC3(O)CCN2C(=O)c2ccccc2F)c(OC)c1. The van der Waals surface area contributed by atoms with Crippen LogP contribution in [0.1, 0.15) is 54.1 Å². The van der Waals surface area contributed by atoms with Crippen LogP contribution in [0.2, 0.25) is 0 Å². The van der Waals surface area contributed by atoms with Crippen molar-refractivity contribution in [3.63, 3.8) is 0 Å². The molecule has 1 heterocycles. The van der Waals surface area contributed by atoms with E-state index in [1.807, 2.05) is 12.1 Å². The first-order chi connectivity index (χ1) is 14.5. The summed E-state index contributed by atoms with van der Waals surface area (Å²) in [7, 11) is 3.17. The molecule has 30 heavy (non-hydrogen) atoms. The van der Waals surface area contributed by atoms with Gasteiger partial charge in [0.15, 0.2) is 0 Å². The van der Waals surface area contributed by atoms with Crippen LogP contribution in [0, 0.1) is 11.7 Å². The number of carbonyl (C=O) groups excluding carboxylic acids is 1. The monoisotopic (exact) mass is 413 g/mol. The molecule has 5 nitrogen and oxygen atoms in total. The Balaban J connectivity index is 1.82. The van der Waals surface area contributed by atoms with Crippen LogP contribution in [0.15, 0.2) is 42.5 Å². The van der Waals surface area contributed by atoms with Crippen molar-refractivity contribution in [3.05, 3.63) is 59.4 Å². The number of rotatable bonds is 4. The van der Waals surface area contributed by atoms with Crippen molar-refractivity contribution in [2.45, 2.75) is 43.7 Å². The number of amides is 1. The van der Waals surface area contributed by atoms with Crippen molar-refractivity contribution in [1.29, 1.82) is 0 Å². The average Bonchev–Trinajstić information content (AvgIpc) is 2.77. The second-order valence-corrected chi connectivity index (χ2v) is 8.24. The molecule has 2 aromatic carbocycles. The Labute approximate surface area is 176 Å². The minimum absolute atomic E-state index is 0.0521. The topological polar surface area (TPSA) is 59.0 Å². The summed E-state index contributed by atoms with van der Waals surface area (Å²) < 4.78 is 25.4. The number of piperidine rings is 1. The van der Waals surface area contributed by atoms with Gasteiger partial charge in [0.05, 0.1) is 31.4 Å². The van der Waals surface area contributed by atoms with Crippen molar-refractivity contribution < 1.29 is 23.8 Å². The molecule has 2 aliphatic rings. The molecule has 3 atom stereocenters. The second kappa shape index (κ2) is 8.26. The Morgan fingerprint density at radius 1 is 1.13 bits per heavy atom. The summed E-state index contributed by atoms with van der Waals surface area (Å²) in [5.74, 6) is 0.215. The first-order valence-electron chi connectivity index (χ1n) is 10.5. The van der Waals surface area contributed by atoms with Crippen LogP contribution < -0.4 is 9.47 Å². The summed E-state index contributed by atoms with van der Waals surface area (Å²) >= 11 is 0. The van der Waals surface area contributed by atoms with Gasteiger partial charge in [-0.1, -0.05) is 25.0 Å². The van der Waals surface area contributed by atoms with Gasteiger partial charge in [-0.3, -0.25) is 4.79 Å². The highest BCUT2D eigenvalue weighted by Gasteiger charge is 2.51. The molecule has 6 heteroatoms. The van der Waals surface area contributed by atoms with Crippen LogP contribution in [-0.4, -0.2) is 42.3 Å². The molecular weight excluding hydrogens is 385 g/mol. The Hall–Kier alpha value is -2.60. The van der Waals surface area contributed by atoms with Gasteiger partial charge in [0.25, 0.3) is 5.91 Å². The van der Waals surface area contributed by atoms with Gasteiger partial charge in [0.1, 0.15) is 17.3 Å². The normalized spacial score (nSPS) is 26.1. The van der Waals surface area contributed by atoms with E-state index in [1.165, 1.54) is 12.1 Å². The highest BCUT2D eigenvalue weighted by atomic mass is 19.1. The molecule has 2 aromatic rings. The van der Waals surface area contributed by atoms with E-state index in [4.69, 9.17) is 9.47 Å². The summed E-state index contributed by atoms with van der Waals surface area (Å²) in [5, 5.41) is 11.4. The third kappa shape index (κ3) is 3.54. The molecule has 1 amide bonds. The zero-order valence-electron chi connectivity index (χ0n) is 17.4. The summed E-state index contributed by atoms with van der Waals surface area (Å²) in [6, 6.07) is 11.2. The maximum Gasteiger partial charge on any atom is 0.257 e. The number of methoxy groups -OCH3 is 2. The Bertz CT molecular complexity index is 933. The lowest BCUT2D eigenvalue weighted by Crippen LogP contribution is -2.56. The number of ether oxygens (including phenoxy) is 2. The second-order valence-electron chi connectivity index (χ2n) is 8.24. The average molecular weight is 413 g/mol. The van der Waals surface area contributed by atoms with Gasteiger partial charge in [-0.15, -0.1) is 0 Å². The molecule has 1 saturated carbocycles. The predicted octanol–water partition coefficient (Wildman–Crippen LogP) is 4.35. The van der Waals surface area contributed by atoms with Gasteiger partial charge in [0, 0.05) is 24.1 Å². The molecule has 4 rings (SSSR count).